The lowest BCUT2D eigenvalue weighted by atomic mass is 9.94. The van der Waals surface area contributed by atoms with Gasteiger partial charge in [-0.1, -0.05) is 0 Å². The van der Waals surface area contributed by atoms with Crippen molar-refractivity contribution in [2.24, 2.45) is 5.73 Å². The number of hydrogen-bond donors (Lipinski definition) is 2. The van der Waals surface area contributed by atoms with Crippen molar-refractivity contribution < 1.29 is 19.4 Å². The predicted molar refractivity (Wildman–Crippen MR) is 81.1 cm³/mol. The molecule has 2 rings (SSSR count). The Morgan fingerprint density at radius 2 is 1.82 bits per heavy atom. The van der Waals surface area contributed by atoms with Crippen LogP contribution in [0.4, 0.5) is 0 Å². The Labute approximate surface area is 131 Å². The number of rotatable bonds is 5. The summed E-state index contributed by atoms with van der Waals surface area (Å²) in [7, 11) is 0. The van der Waals surface area contributed by atoms with Crippen LogP contribution in [0.1, 0.15) is 32.1 Å². The number of morpholine rings is 1. The van der Waals surface area contributed by atoms with Gasteiger partial charge < -0.3 is 20.5 Å². The number of hydrogen-bond acceptors (Lipinski definition) is 5. The van der Waals surface area contributed by atoms with Gasteiger partial charge >= 0.3 is 0 Å². The van der Waals surface area contributed by atoms with Crippen LogP contribution >= 0.6 is 0 Å². The van der Waals surface area contributed by atoms with Gasteiger partial charge in [0.05, 0.1) is 18.8 Å². The Balaban J connectivity index is 1.82. The molecule has 126 valence electrons. The van der Waals surface area contributed by atoms with Crippen molar-refractivity contribution in [1.29, 1.82) is 0 Å². The second kappa shape index (κ2) is 7.89. The van der Waals surface area contributed by atoms with Gasteiger partial charge in [0.1, 0.15) is 0 Å². The molecule has 0 saturated carbocycles. The third kappa shape index (κ3) is 5.23. The fraction of sp³-hybridized carbons (Fsp3) is 0.867. The molecular formula is C15H27N3O4. The molecule has 0 spiro atoms. The van der Waals surface area contributed by atoms with Gasteiger partial charge in [0.2, 0.25) is 11.8 Å². The second-order valence-corrected chi connectivity index (χ2v) is 6.31. The average Bonchev–Trinajstić information content (AvgIpc) is 2.68. The SMILES string of the molecule is NC(=O)CCC(=O)N1CCC[C@@](O)(CN2CCOCC2)CC1. The molecule has 0 bridgehead atoms. The van der Waals surface area contributed by atoms with Gasteiger partial charge in [-0.25, -0.2) is 0 Å². The Morgan fingerprint density at radius 1 is 1.09 bits per heavy atom. The normalized spacial score (nSPS) is 27.4. The number of carbonyl (C=O) groups excluding carboxylic acids is 2. The number of carbonyl (C=O) groups is 2. The summed E-state index contributed by atoms with van der Waals surface area (Å²) in [6, 6.07) is 0. The van der Waals surface area contributed by atoms with Crippen molar-refractivity contribution in [3.63, 3.8) is 0 Å². The predicted octanol–water partition coefficient (Wildman–Crippen LogP) is -0.672. The van der Waals surface area contributed by atoms with E-state index >= 15 is 0 Å². The van der Waals surface area contributed by atoms with Gasteiger partial charge in [-0.2, -0.15) is 0 Å². The minimum absolute atomic E-state index is 0.0468. The molecule has 2 saturated heterocycles. The Kier molecular flexibility index (Phi) is 6.16. The zero-order chi connectivity index (χ0) is 16.0. The summed E-state index contributed by atoms with van der Waals surface area (Å²) < 4.78 is 5.33. The lowest BCUT2D eigenvalue weighted by molar-refractivity contribution is -0.133. The van der Waals surface area contributed by atoms with Gasteiger partial charge in [0.15, 0.2) is 0 Å². The minimum atomic E-state index is -0.740. The maximum atomic E-state index is 12.1. The summed E-state index contributed by atoms with van der Waals surface area (Å²) in [6.07, 6.45) is 2.31. The van der Waals surface area contributed by atoms with E-state index < -0.39 is 11.5 Å². The summed E-state index contributed by atoms with van der Waals surface area (Å²) in [6.45, 7) is 4.95. The highest BCUT2D eigenvalue weighted by Gasteiger charge is 2.33. The number of ether oxygens (including phenoxy) is 1. The molecule has 0 aromatic carbocycles. The summed E-state index contributed by atoms with van der Waals surface area (Å²) in [5.74, 6) is -0.499. The monoisotopic (exact) mass is 313 g/mol. The van der Waals surface area contributed by atoms with Crippen LogP contribution < -0.4 is 5.73 Å². The number of nitrogens with two attached hydrogens (primary N) is 1. The first-order valence-electron chi connectivity index (χ1n) is 8.07. The van der Waals surface area contributed by atoms with E-state index in [1.54, 1.807) is 4.90 Å². The molecule has 2 amide bonds. The number of likely N-dealkylation sites (tertiary alicyclic amines) is 1. The average molecular weight is 313 g/mol. The number of nitrogens with zero attached hydrogens (tertiary/aromatic N) is 2. The highest BCUT2D eigenvalue weighted by atomic mass is 16.5. The van der Waals surface area contributed by atoms with E-state index in [4.69, 9.17) is 10.5 Å². The molecule has 1 atom stereocenters. The second-order valence-electron chi connectivity index (χ2n) is 6.31. The van der Waals surface area contributed by atoms with Crippen LogP contribution in [0, 0.1) is 0 Å². The molecule has 0 aliphatic carbocycles. The largest absolute Gasteiger partial charge is 0.388 e. The molecule has 3 N–H and O–H groups in total. The lowest BCUT2D eigenvalue weighted by Crippen LogP contribution is -2.48. The molecule has 0 aromatic heterocycles. The topological polar surface area (TPSA) is 96.1 Å². The number of amides is 2. The third-order valence-electron chi connectivity index (χ3n) is 4.48. The van der Waals surface area contributed by atoms with Gasteiger partial charge in [-0.3, -0.25) is 14.5 Å². The van der Waals surface area contributed by atoms with Crippen molar-refractivity contribution in [1.82, 2.24) is 9.80 Å². The van der Waals surface area contributed by atoms with Crippen LogP contribution in [0.2, 0.25) is 0 Å². The molecule has 2 heterocycles. The molecule has 0 radical (unpaired) electrons. The summed E-state index contributed by atoms with van der Waals surface area (Å²) in [4.78, 5) is 26.8. The Bertz CT molecular complexity index is 398. The van der Waals surface area contributed by atoms with Crippen molar-refractivity contribution >= 4 is 11.8 Å². The first kappa shape index (κ1) is 17.2. The lowest BCUT2D eigenvalue weighted by Gasteiger charge is -2.35. The van der Waals surface area contributed by atoms with Crippen molar-refractivity contribution in [3.05, 3.63) is 0 Å². The van der Waals surface area contributed by atoms with E-state index in [1.807, 2.05) is 0 Å². The van der Waals surface area contributed by atoms with Crippen LogP contribution in [-0.4, -0.2) is 78.3 Å². The maximum Gasteiger partial charge on any atom is 0.223 e. The summed E-state index contributed by atoms with van der Waals surface area (Å²) in [5.41, 5.74) is 4.34. The molecular weight excluding hydrogens is 286 g/mol. The summed E-state index contributed by atoms with van der Waals surface area (Å²) in [5, 5.41) is 10.8. The zero-order valence-electron chi connectivity index (χ0n) is 13.1. The van der Waals surface area contributed by atoms with Crippen LogP contribution in [0.15, 0.2) is 0 Å². The van der Waals surface area contributed by atoms with Crippen LogP contribution in [0.3, 0.4) is 0 Å². The number of aliphatic hydroxyl groups is 1. The van der Waals surface area contributed by atoms with Gasteiger partial charge in [-0.05, 0) is 19.3 Å². The number of β-amino-alcohol motifs (C(OH)–C–C–N with tert-alkyl or cyclic N) is 1. The molecule has 0 unspecified atom stereocenters. The fourth-order valence-corrected chi connectivity index (χ4v) is 3.15. The van der Waals surface area contributed by atoms with E-state index in [1.165, 1.54) is 0 Å². The Morgan fingerprint density at radius 3 is 2.50 bits per heavy atom. The minimum Gasteiger partial charge on any atom is -0.388 e. The molecule has 7 heteroatoms. The van der Waals surface area contributed by atoms with Crippen molar-refractivity contribution in [2.45, 2.75) is 37.7 Å². The third-order valence-corrected chi connectivity index (χ3v) is 4.48. The Hall–Kier alpha value is -1.18. The van der Waals surface area contributed by atoms with Crippen molar-refractivity contribution in [2.75, 3.05) is 45.9 Å². The molecule has 7 nitrogen and oxygen atoms in total. The molecule has 2 fully saturated rings. The number of primary amides is 1. The van der Waals surface area contributed by atoms with E-state index in [0.717, 1.165) is 19.5 Å². The first-order valence-corrected chi connectivity index (χ1v) is 8.07. The molecule has 2 aliphatic heterocycles. The van der Waals surface area contributed by atoms with E-state index in [0.29, 0.717) is 45.7 Å². The standard InChI is InChI=1S/C15H27N3O4/c16-13(19)2-3-14(20)18-6-1-4-15(21,5-7-18)12-17-8-10-22-11-9-17/h21H,1-12H2,(H2,16,19)/t15-/m0/s1. The quantitative estimate of drug-likeness (QED) is 0.701. The molecule has 22 heavy (non-hydrogen) atoms. The summed E-state index contributed by atoms with van der Waals surface area (Å²) >= 11 is 0. The van der Waals surface area contributed by atoms with Crippen LogP contribution in [0.25, 0.3) is 0 Å². The first-order chi connectivity index (χ1) is 10.5. The maximum absolute atomic E-state index is 12.1. The van der Waals surface area contributed by atoms with E-state index in [-0.39, 0.29) is 18.7 Å². The van der Waals surface area contributed by atoms with E-state index in [2.05, 4.69) is 4.90 Å². The van der Waals surface area contributed by atoms with Gasteiger partial charge in [0.25, 0.3) is 0 Å². The van der Waals surface area contributed by atoms with Gasteiger partial charge in [0, 0.05) is 45.6 Å². The van der Waals surface area contributed by atoms with Crippen molar-refractivity contribution in [3.8, 4) is 0 Å². The van der Waals surface area contributed by atoms with Gasteiger partial charge in [-0.15, -0.1) is 0 Å². The van der Waals surface area contributed by atoms with Crippen LogP contribution in [-0.2, 0) is 14.3 Å². The molecule has 2 aliphatic rings. The van der Waals surface area contributed by atoms with E-state index in [9.17, 15) is 14.7 Å². The smallest absolute Gasteiger partial charge is 0.223 e. The molecule has 0 aromatic rings. The highest BCUT2D eigenvalue weighted by molar-refractivity contribution is 5.82. The zero-order valence-corrected chi connectivity index (χ0v) is 13.1. The highest BCUT2D eigenvalue weighted by Crippen LogP contribution is 2.24. The fourth-order valence-electron chi connectivity index (χ4n) is 3.15. The van der Waals surface area contributed by atoms with Crippen LogP contribution in [0.5, 0.6) is 0 Å².